The summed E-state index contributed by atoms with van der Waals surface area (Å²) in [6.07, 6.45) is 1.55. The highest BCUT2D eigenvalue weighted by Gasteiger charge is 2.04. The van der Waals surface area contributed by atoms with Gasteiger partial charge in [0, 0.05) is 5.69 Å². The van der Waals surface area contributed by atoms with Crippen molar-refractivity contribution in [2.75, 3.05) is 11.9 Å². The topological polar surface area (TPSA) is 73.7 Å². The number of carbonyl (C=O) groups is 1. The first-order valence-electron chi connectivity index (χ1n) is 6.76. The molecule has 0 saturated heterocycles. The van der Waals surface area contributed by atoms with Crippen molar-refractivity contribution in [2.24, 2.45) is 5.10 Å². The van der Waals surface area contributed by atoms with E-state index in [1.54, 1.807) is 18.3 Å². The van der Waals surface area contributed by atoms with Gasteiger partial charge < -0.3 is 10.4 Å². The lowest BCUT2D eigenvalue weighted by Crippen LogP contribution is -2.25. The Morgan fingerprint density at radius 3 is 2.61 bits per heavy atom. The third-order valence-electron chi connectivity index (χ3n) is 2.91. The number of phenolic OH excluding ortho intramolecular Hbond substituents is 1. The maximum absolute atomic E-state index is 11.7. The van der Waals surface area contributed by atoms with E-state index in [9.17, 15) is 9.90 Å². The van der Waals surface area contributed by atoms with Crippen molar-refractivity contribution in [1.82, 2.24) is 5.43 Å². The van der Waals surface area contributed by atoms with Gasteiger partial charge in [-0.1, -0.05) is 12.1 Å². The summed E-state index contributed by atoms with van der Waals surface area (Å²) >= 11 is 4.10. The molecular weight excluding hydrogens is 520 g/mol. The number of carbonyl (C=O) groups excluding carboxylic acids is 1. The summed E-state index contributed by atoms with van der Waals surface area (Å²) in [4.78, 5) is 11.7. The monoisotopic (exact) mass is 535 g/mol. The highest BCUT2D eigenvalue weighted by Crippen LogP contribution is 2.26. The fourth-order valence-electron chi connectivity index (χ4n) is 1.82. The molecule has 0 aliphatic heterocycles. The Morgan fingerprint density at radius 1 is 1.26 bits per heavy atom. The number of hydrazone groups is 1. The van der Waals surface area contributed by atoms with E-state index >= 15 is 0 Å². The number of halogens is 2. The number of phenols is 1. The SMILES string of the molecule is Cc1cccc(NCC(=O)N/N=C\c2cc(I)c(O)c(I)c2)c1. The number of hydrogen-bond acceptors (Lipinski definition) is 4. The summed E-state index contributed by atoms with van der Waals surface area (Å²) < 4.78 is 1.48. The molecule has 0 aliphatic carbocycles. The minimum Gasteiger partial charge on any atom is -0.506 e. The van der Waals surface area contributed by atoms with Crippen LogP contribution in [0.1, 0.15) is 11.1 Å². The van der Waals surface area contributed by atoms with E-state index < -0.39 is 0 Å². The van der Waals surface area contributed by atoms with Crippen LogP contribution in [0.15, 0.2) is 41.5 Å². The lowest BCUT2D eigenvalue weighted by molar-refractivity contribution is -0.119. The van der Waals surface area contributed by atoms with E-state index in [1.165, 1.54) is 0 Å². The van der Waals surface area contributed by atoms with Gasteiger partial charge in [0.2, 0.25) is 0 Å². The molecule has 0 radical (unpaired) electrons. The minimum atomic E-state index is -0.231. The molecule has 0 saturated carbocycles. The Morgan fingerprint density at radius 2 is 1.96 bits per heavy atom. The summed E-state index contributed by atoms with van der Waals surface area (Å²) in [6.45, 7) is 2.14. The zero-order chi connectivity index (χ0) is 16.8. The van der Waals surface area contributed by atoms with Crippen LogP contribution >= 0.6 is 45.2 Å². The van der Waals surface area contributed by atoms with E-state index in [0.29, 0.717) is 0 Å². The lowest BCUT2D eigenvalue weighted by atomic mass is 10.2. The predicted molar refractivity (Wildman–Crippen MR) is 109 cm³/mol. The first kappa shape index (κ1) is 18.0. The summed E-state index contributed by atoms with van der Waals surface area (Å²) in [7, 11) is 0. The Kier molecular flexibility index (Phi) is 6.63. The highest BCUT2D eigenvalue weighted by molar-refractivity contribution is 14.1. The molecule has 2 rings (SSSR count). The number of nitrogens with one attached hydrogen (secondary N) is 2. The van der Waals surface area contributed by atoms with Crippen molar-refractivity contribution in [3.8, 4) is 5.75 Å². The van der Waals surface area contributed by atoms with Gasteiger partial charge in [-0.05, 0) is 87.5 Å². The first-order chi connectivity index (χ1) is 11.0. The van der Waals surface area contributed by atoms with Gasteiger partial charge in [0.15, 0.2) is 0 Å². The number of nitrogens with zero attached hydrogens (tertiary/aromatic N) is 1. The maximum atomic E-state index is 11.7. The van der Waals surface area contributed by atoms with Crippen LogP contribution in [-0.2, 0) is 4.79 Å². The molecular formula is C16H15I2N3O2. The molecule has 0 bridgehead atoms. The van der Waals surface area contributed by atoms with Gasteiger partial charge >= 0.3 is 0 Å². The Labute approximate surface area is 161 Å². The van der Waals surface area contributed by atoms with Gasteiger partial charge in [0.1, 0.15) is 5.75 Å². The number of benzene rings is 2. The third-order valence-corrected chi connectivity index (χ3v) is 4.56. The second kappa shape index (κ2) is 8.48. The summed E-state index contributed by atoms with van der Waals surface area (Å²) in [5.74, 6) is 0.0284. The standard InChI is InChI=1S/C16H15I2N3O2/c1-10-3-2-4-12(5-10)19-9-15(22)21-20-8-11-6-13(17)16(23)14(18)7-11/h2-8,19,23H,9H2,1H3,(H,21,22)/b20-8-. The van der Waals surface area contributed by atoms with Gasteiger partial charge in [0.05, 0.1) is 19.9 Å². The van der Waals surface area contributed by atoms with Crippen LogP contribution < -0.4 is 10.7 Å². The first-order valence-corrected chi connectivity index (χ1v) is 8.92. The second-order valence-corrected chi connectivity index (χ2v) is 7.17. The van der Waals surface area contributed by atoms with Crippen molar-refractivity contribution in [2.45, 2.75) is 6.92 Å². The number of aromatic hydroxyl groups is 1. The number of anilines is 1. The molecule has 2 aromatic carbocycles. The number of aryl methyl sites for hydroxylation is 1. The van der Waals surface area contributed by atoms with Crippen LogP contribution in [0.2, 0.25) is 0 Å². The fourth-order valence-corrected chi connectivity index (χ4v) is 3.63. The van der Waals surface area contributed by atoms with E-state index in [4.69, 9.17) is 0 Å². The molecule has 1 amide bonds. The molecule has 23 heavy (non-hydrogen) atoms. The molecule has 120 valence electrons. The largest absolute Gasteiger partial charge is 0.506 e. The molecule has 3 N–H and O–H groups in total. The number of rotatable bonds is 5. The van der Waals surface area contributed by atoms with Crippen LogP contribution in [0.3, 0.4) is 0 Å². The van der Waals surface area contributed by atoms with Crippen molar-refractivity contribution in [1.29, 1.82) is 0 Å². The molecule has 2 aromatic rings. The highest BCUT2D eigenvalue weighted by atomic mass is 127. The van der Waals surface area contributed by atoms with E-state index in [2.05, 4.69) is 15.8 Å². The van der Waals surface area contributed by atoms with Crippen molar-refractivity contribution in [3.05, 3.63) is 54.7 Å². The van der Waals surface area contributed by atoms with Gasteiger partial charge in [-0.25, -0.2) is 5.43 Å². The van der Waals surface area contributed by atoms with Gasteiger partial charge in [0.25, 0.3) is 5.91 Å². The van der Waals surface area contributed by atoms with E-state index in [-0.39, 0.29) is 18.2 Å². The molecule has 0 aromatic heterocycles. The smallest absolute Gasteiger partial charge is 0.259 e. The van der Waals surface area contributed by atoms with Crippen LogP contribution in [-0.4, -0.2) is 23.8 Å². The summed E-state index contributed by atoms with van der Waals surface area (Å²) in [5, 5.41) is 16.7. The molecule has 5 nitrogen and oxygen atoms in total. The molecule has 7 heteroatoms. The van der Waals surface area contributed by atoms with Crippen molar-refractivity contribution in [3.63, 3.8) is 0 Å². The molecule has 0 fully saturated rings. The van der Waals surface area contributed by atoms with Gasteiger partial charge in [-0.2, -0.15) is 5.10 Å². The molecule has 0 atom stereocenters. The maximum Gasteiger partial charge on any atom is 0.259 e. The zero-order valence-corrected chi connectivity index (χ0v) is 16.6. The Balaban J connectivity index is 1.86. The molecule has 0 unspecified atom stereocenters. The third kappa shape index (κ3) is 5.65. The van der Waals surface area contributed by atoms with Crippen molar-refractivity contribution >= 4 is 63.0 Å². The molecule has 0 spiro atoms. The predicted octanol–water partition coefficient (Wildman–Crippen LogP) is 3.47. The van der Waals surface area contributed by atoms with E-state index in [0.717, 1.165) is 24.0 Å². The van der Waals surface area contributed by atoms with Crippen LogP contribution in [0.5, 0.6) is 5.75 Å². The van der Waals surface area contributed by atoms with E-state index in [1.807, 2.05) is 76.4 Å². The van der Waals surface area contributed by atoms with Gasteiger partial charge in [-0.3, -0.25) is 4.79 Å². The summed E-state index contributed by atoms with van der Waals surface area (Å²) in [6, 6.07) is 11.4. The average molecular weight is 535 g/mol. The van der Waals surface area contributed by atoms with Crippen LogP contribution in [0, 0.1) is 14.1 Å². The fraction of sp³-hybridized carbons (Fsp3) is 0.125. The summed E-state index contributed by atoms with van der Waals surface area (Å²) in [5.41, 5.74) is 5.30. The normalized spacial score (nSPS) is 10.7. The average Bonchev–Trinajstić information content (AvgIpc) is 2.50. The Hall–Kier alpha value is -1.36. The number of amides is 1. The molecule has 0 heterocycles. The second-order valence-electron chi connectivity index (χ2n) is 4.85. The Bertz CT molecular complexity index is 725. The lowest BCUT2D eigenvalue weighted by Gasteiger charge is -2.06. The van der Waals surface area contributed by atoms with Crippen molar-refractivity contribution < 1.29 is 9.90 Å². The zero-order valence-electron chi connectivity index (χ0n) is 12.3. The molecule has 0 aliphatic rings. The minimum absolute atomic E-state index is 0.144. The number of hydrogen-bond donors (Lipinski definition) is 3. The van der Waals surface area contributed by atoms with Crippen LogP contribution in [0.4, 0.5) is 5.69 Å². The quantitative estimate of drug-likeness (QED) is 0.312. The van der Waals surface area contributed by atoms with Crippen LogP contribution in [0.25, 0.3) is 0 Å². The van der Waals surface area contributed by atoms with Gasteiger partial charge in [-0.15, -0.1) is 0 Å².